The van der Waals surface area contributed by atoms with Crippen LogP contribution in [0.2, 0.25) is 0 Å². The van der Waals surface area contributed by atoms with Crippen molar-refractivity contribution >= 4 is 5.97 Å². The van der Waals surface area contributed by atoms with Gasteiger partial charge in [0, 0.05) is 0 Å². The van der Waals surface area contributed by atoms with Crippen molar-refractivity contribution in [2.75, 3.05) is 0 Å². The summed E-state index contributed by atoms with van der Waals surface area (Å²) in [6.07, 6.45) is 49.8. The molecule has 0 aliphatic carbocycles. The summed E-state index contributed by atoms with van der Waals surface area (Å²) in [5, 5.41) is 9.63. The minimum atomic E-state index is -0.564. The molecular formula is C40H78O2. The lowest BCUT2D eigenvalue weighted by Crippen LogP contribution is -2.13. The molecule has 0 aliphatic rings. The number of rotatable bonds is 36. The number of aliphatic carboxylic acids is 1. The minimum Gasteiger partial charge on any atom is -0.481 e. The van der Waals surface area contributed by atoms with Gasteiger partial charge in [0.2, 0.25) is 0 Å². The lowest BCUT2D eigenvalue weighted by Gasteiger charge is -2.12. The molecule has 250 valence electrons. The Hall–Kier alpha value is -0.790. The zero-order chi connectivity index (χ0) is 30.6. The SMILES string of the molecule is CCCCCCCCC=CCCCCCCC(CCCCCCCCCCCCCCCCCCCCCC)C(=O)O. The number of hydrogen-bond donors (Lipinski definition) is 1. The predicted molar refractivity (Wildman–Crippen MR) is 189 cm³/mol. The number of hydrogen-bond acceptors (Lipinski definition) is 1. The van der Waals surface area contributed by atoms with Crippen molar-refractivity contribution in [1.82, 2.24) is 0 Å². The van der Waals surface area contributed by atoms with Gasteiger partial charge in [-0.2, -0.15) is 0 Å². The van der Waals surface area contributed by atoms with Crippen LogP contribution in [-0.4, -0.2) is 11.1 Å². The quantitative estimate of drug-likeness (QED) is 0.0582. The molecule has 2 nitrogen and oxygen atoms in total. The Morgan fingerprint density at radius 1 is 0.405 bits per heavy atom. The highest BCUT2D eigenvalue weighted by Gasteiger charge is 2.16. The van der Waals surface area contributed by atoms with Crippen LogP contribution < -0.4 is 0 Å². The van der Waals surface area contributed by atoms with E-state index in [1.165, 1.54) is 193 Å². The minimum absolute atomic E-state index is 0.113. The van der Waals surface area contributed by atoms with Gasteiger partial charge >= 0.3 is 5.97 Å². The maximum atomic E-state index is 11.7. The molecule has 1 N–H and O–H groups in total. The summed E-state index contributed by atoms with van der Waals surface area (Å²) in [4.78, 5) is 11.7. The van der Waals surface area contributed by atoms with E-state index in [1.54, 1.807) is 0 Å². The van der Waals surface area contributed by atoms with Crippen LogP contribution in [-0.2, 0) is 4.79 Å². The first-order valence-corrected chi connectivity index (χ1v) is 19.6. The molecule has 1 unspecified atom stereocenters. The Labute approximate surface area is 265 Å². The Bertz CT molecular complexity index is 540. The lowest BCUT2D eigenvalue weighted by atomic mass is 9.94. The second-order valence-corrected chi connectivity index (χ2v) is 13.6. The van der Waals surface area contributed by atoms with Crippen molar-refractivity contribution in [3.8, 4) is 0 Å². The third-order valence-electron chi connectivity index (χ3n) is 9.32. The summed E-state index contributed by atoms with van der Waals surface area (Å²) in [6.45, 7) is 4.57. The number of unbranched alkanes of at least 4 members (excludes halogenated alkanes) is 29. The molecule has 0 heterocycles. The third-order valence-corrected chi connectivity index (χ3v) is 9.32. The van der Waals surface area contributed by atoms with E-state index in [1.807, 2.05) is 0 Å². The van der Waals surface area contributed by atoms with Crippen molar-refractivity contribution in [1.29, 1.82) is 0 Å². The second kappa shape index (κ2) is 36.4. The van der Waals surface area contributed by atoms with Crippen LogP contribution in [0.4, 0.5) is 0 Å². The van der Waals surface area contributed by atoms with E-state index >= 15 is 0 Å². The van der Waals surface area contributed by atoms with Crippen molar-refractivity contribution in [3.05, 3.63) is 12.2 Å². The fraction of sp³-hybridized carbons (Fsp3) is 0.925. The van der Waals surface area contributed by atoms with Gasteiger partial charge in [0.15, 0.2) is 0 Å². The van der Waals surface area contributed by atoms with Crippen molar-refractivity contribution in [2.45, 2.75) is 232 Å². The molecule has 1 atom stereocenters. The molecule has 0 bridgehead atoms. The predicted octanol–water partition coefficient (Wildman–Crippen LogP) is 14.5. The fourth-order valence-corrected chi connectivity index (χ4v) is 6.32. The average Bonchev–Trinajstić information content (AvgIpc) is 2.99. The van der Waals surface area contributed by atoms with Crippen LogP contribution in [0.3, 0.4) is 0 Å². The highest BCUT2D eigenvalue weighted by Crippen LogP contribution is 2.20. The summed E-state index contributed by atoms with van der Waals surface area (Å²) < 4.78 is 0. The van der Waals surface area contributed by atoms with Gasteiger partial charge in [-0.1, -0.05) is 206 Å². The molecule has 0 amide bonds. The first-order chi connectivity index (χ1) is 20.7. The number of carbonyl (C=O) groups is 1. The third kappa shape index (κ3) is 33.7. The number of carboxylic acids is 1. The topological polar surface area (TPSA) is 37.3 Å². The van der Waals surface area contributed by atoms with E-state index in [9.17, 15) is 9.90 Å². The Kier molecular flexibility index (Phi) is 35.7. The molecule has 0 spiro atoms. The van der Waals surface area contributed by atoms with E-state index in [-0.39, 0.29) is 5.92 Å². The van der Waals surface area contributed by atoms with Gasteiger partial charge < -0.3 is 5.11 Å². The summed E-state index contributed by atoms with van der Waals surface area (Å²) in [7, 11) is 0. The van der Waals surface area contributed by atoms with Crippen LogP contribution in [0.15, 0.2) is 12.2 Å². The molecule has 0 rings (SSSR count). The van der Waals surface area contributed by atoms with Crippen LogP contribution >= 0.6 is 0 Å². The lowest BCUT2D eigenvalue weighted by molar-refractivity contribution is -0.142. The molecule has 0 aromatic rings. The number of carboxylic acid groups (broad SMARTS) is 1. The second-order valence-electron chi connectivity index (χ2n) is 13.6. The average molecular weight is 591 g/mol. The molecule has 0 radical (unpaired) electrons. The van der Waals surface area contributed by atoms with Crippen molar-refractivity contribution < 1.29 is 9.90 Å². The number of allylic oxidation sites excluding steroid dienone is 2. The smallest absolute Gasteiger partial charge is 0.306 e. The summed E-state index contributed by atoms with van der Waals surface area (Å²) >= 11 is 0. The Morgan fingerprint density at radius 2 is 0.643 bits per heavy atom. The van der Waals surface area contributed by atoms with E-state index in [0.717, 1.165) is 25.7 Å². The van der Waals surface area contributed by atoms with Gasteiger partial charge in [0.1, 0.15) is 0 Å². The Balaban J connectivity index is 3.39. The van der Waals surface area contributed by atoms with Gasteiger partial charge in [-0.3, -0.25) is 4.79 Å². The van der Waals surface area contributed by atoms with Gasteiger partial charge in [0.05, 0.1) is 5.92 Å². The molecule has 0 fully saturated rings. The van der Waals surface area contributed by atoms with Gasteiger partial charge in [-0.05, 0) is 38.5 Å². The van der Waals surface area contributed by atoms with Gasteiger partial charge in [-0.25, -0.2) is 0 Å². The molecule has 2 heteroatoms. The monoisotopic (exact) mass is 591 g/mol. The zero-order valence-corrected chi connectivity index (χ0v) is 29.1. The van der Waals surface area contributed by atoms with Gasteiger partial charge in [0.25, 0.3) is 0 Å². The summed E-state index contributed by atoms with van der Waals surface area (Å²) in [5.41, 5.74) is 0. The van der Waals surface area contributed by atoms with Gasteiger partial charge in [-0.15, -0.1) is 0 Å². The van der Waals surface area contributed by atoms with E-state index in [2.05, 4.69) is 26.0 Å². The molecule has 0 saturated heterocycles. The van der Waals surface area contributed by atoms with E-state index < -0.39 is 5.97 Å². The summed E-state index contributed by atoms with van der Waals surface area (Å²) in [6, 6.07) is 0. The molecule has 0 saturated carbocycles. The highest BCUT2D eigenvalue weighted by atomic mass is 16.4. The first-order valence-electron chi connectivity index (χ1n) is 19.6. The molecular weight excluding hydrogens is 512 g/mol. The highest BCUT2D eigenvalue weighted by molar-refractivity contribution is 5.69. The van der Waals surface area contributed by atoms with Crippen LogP contribution in [0, 0.1) is 5.92 Å². The molecule has 0 aromatic heterocycles. The van der Waals surface area contributed by atoms with Crippen LogP contribution in [0.25, 0.3) is 0 Å². The van der Waals surface area contributed by atoms with Crippen LogP contribution in [0.5, 0.6) is 0 Å². The molecule has 42 heavy (non-hydrogen) atoms. The summed E-state index contributed by atoms with van der Waals surface area (Å²) in [5.74, 6) is -0.678. The van der Waals surface area contributed by atoms with Crippen molar-refractivity contribution in [2.24, 2.45) is 5.92 Å². The van der Waals surface area contributed by atoms with E-state index in [0.29, 0.717) is 0 Å². The molecule has 0 aromatic carbocycles. The maximum Gasteiger partial charge on any atom is 0.306 e. The fourth-order valence-electron chi connectivity index (χ4n) is 6.32. The molecule has 0 aliphatic heterocycles. The van der Waals surface area contributed by atoms with Crippen molar-refractivity contribution in [3.63, 3.8) is 0 Å². The largest absolute Gasteiger partial charge is 0.481 e. The zero-order valence-electron chi connectivity index (χ0n) is 29.1. The first kappa shape index (κ1) is 41.2. The standard InChI is InChI=1S/C40H78O2/c1-3-5-7-9-11-13-15-17-19-20-21-22-23-24-26-28-30-32-34-36-38-39(40(41)42)37-35-33-31-29-27-25-18-16-14-12-10-8-6-4-2/h18,25,39H,3-17,19-24,26-38H2,1-2H3,(H,41,42). The normalized spacial score (nSPS) is 12.4. The maximum absolute atomic E-state index is 11.7. The Morgan fingerprint density at radius 3 is 0.905 bits per heavy atom. The van der Waals surface area contributed by atoms with E-state index in [4.69, 9.17) is 0 Å². The van der Waals surface area contributed by atoms with Crippen LogP contribution in [0.1, 0.15) is 232 Å².